The van der Waals surface area contributed by atoms with Gasteiger partial charge in [-0.2, -0.15) is 0 Å². The van der Waals surface area contributed by atoms with Gasteiger partial charge in [0.05, 0.1) is 24.4 Å². The lowest BCUT2D eigenvalue weighted by molar-refractivity contribution is 0.108. The van der Waals surface area contributed by atoms with E-state index in [1.54, 1.807) is 25.1 Å². The number of para-hydroxylation sites is 1. The Kier molecular flexibility index (Phi) is 4.05. The van der Waals surface area contributed by atoms with Crippen LogP contribution in [0.3, 0.4) is 0 Å². The monoisotopic (exact) mass is 213 g/mol. The first kappa shape index (κ1) is 11.9. The Labute approximate surface area is 88.9 Å². The van der Waals surface area contributed by atoms with Crippen molar-refractivity contribution in [2.24, 2.45) is 0 Å². The molecule has 0 bridgehead atoms. The van der Waals surface area contributed by atoms with Gasteiger partial charge in [0, 0.05) is 7.11 Å². The van der Waals surface area contributed by atoms with Gasteiger partial charge in [-0.25, -0.2) is 4.39 Å². The van der Waals surface area contributed by atoms with Crippen molar-refractivity contribution in [1.82, 2.24) is 0 Å². The first-order valence-electron chi connectivity index (χ1n) is 4.74. The van der Waals surface area contributed by atoms with Gasteiger partial charge in [-0.15, -0.1) is 0 Å². The molecule has 1 rings (SSSR count). The highest BCUT2D eigenvalue weighted by atomic mass is 19.1. The van der Waals surface area contributed by atoms with Crippen LogP contribution in [-0.2, 0) is 4.74 Å². The van der Waals surface area contributed by atoms with Gasteiger partial charge in [0.2, 0.25) is 0 Å². The fraction of sp³-hybridized carbons (Fsp3) is 0.455. The fourth-order valence-electron chi connectivity index (χ4n) is 1.33. The molecule has 0 amide bonds. The normalized spacial score (nSPS) is 14.7. The first-order valence-corrected chi connectivity index (χ1v) is 4.74. The summed E-state index contributed by atoms with van der Waals surface area (Å²) in [6, 6.07) is 6.34. The van der Waals surface area contributed by atoms with Crippen LogP contribution < -0.4 is 5.32 Å². The molecule has 4 heteroatoms. The lowest BCUT2D eigenvalue weighted by Crippen LogP contribution is -2.43. The van der Waals surface area contributed by atoms with Gasteiger partial charge in [0.15, 0.2) is 0 Å². The number of anilines is 1. The average Bonchev–Trinajstić information content (AvgIpc) is 2.22. The van der Waals surface area contributed by atoms with E-state index in [4.69, 9.17) is 4.74 Å². The van der Waals surface area contributed by atoms with E-state index >= 15 is 0 Å². The molecule has 1 atom stereocenters. The Morgan fingerprint density at radius 3 is 2.67 bits per heavy atom. The van der Waals surface area contributed by atoms with Crippen molar-refractivity contribution >= 4 is 5.69 Å². The maximum atomic E-state index is 13.3. The molecule has 2 N–H and O–H groups in total. The van der Waals surface area contributed by atoms with Crippen LogP contribution in [-0.4, -0.2) is 31.0 Å². The van der Waals surface area contributed by atoms with Gasteiger partial charge in [0.25, 0.3) is 0 Å². The summed E-state index contributed by atoms with van der Waals surface area (Å²) in [5.74, 6) is -0.340. The van der Waals surface area contributed by atoms with Gasteiger partial charge in [-0.1, -0.05) is 12.1 Å². The molecule has 3 nitrogen and oxygen atoms in total. The summed E-state index contributed by atoms with van der Waals surface area (Å²) in [4.78, 5) is 0. The molecule has 0 saturated carbocycles. The predicted molar refractivity (Wildman–Crippen MR) is 57.4 cm³/mol. The third-order valence-electron chi connectivity index (χ3n) is 2.12. The van der Waals surface area contributed by atoms with Gasteiger partial charge >= 0.3 is 0 Å². The van der Waals surface area contributed by atoms with Crippen LogP contribution in [0.1, 0.15) is 6.92 Å². The number of rotatable bonds is 5. The molecule has 1 aromatic carbocycles. The predicted octanol–water partition coefficient (Wildman–Crippen LogP) is 1.64. The second-order valence-electron chi connectivity index (χ2n) is 3.76. The van der Waals surface area contributed by atoms with Gasteiger partial charge < -0.3 is 15.2 Å². The van der Waals surface area contributed by atoms with E-state index in [-0.39, 0.29) is 12.4 Å². The van der Waals surface area contributed by atoms with Crippen molar-refractivity contribution in [2.75, 3.05) is 25.6 Å². The number of benzene rings is 1. The largest absolute Gasteiger partial charge is 0.394 e. The van der Waals surface area contributed by atoms with Crippen LogP contribution in [0.25, 0.3) is 0 Å². The number of halogens is 1. The fourth-order valence-corrected chi connectivity index (χ4v) is 1.33. The summed E-state index contributed by atoms with van der Waals surface area (Å²) in [6.45, 7) is 1.94. The highest BCUT2D eigenvalue weighted by Gasteiger charge is 2.23. The zero-order valence-electron chi connectivity index (χ0n) is 8.96. The minimum atomic E-state index is -0.670. The summed E-state index contributed by atoms with van der Waals surface area (Å²) >= 11 is 0. The van der Waals surface area contributed by atoms with Crippen molar-refractivity contribution in [3.05, 3.63) is 30.1 Å². The molecule has 0 fully saturated rings. The minimum absolute atomic E-state index is 0.130. The summed E-state index contributed by atoms with van der Waals surface area (Å²) in [5, 5.41) is 12.1. The van der Waals surface area contributed by atoms with Crippen molar-refractivity contribution < 1.29 is 14.2 Å². The summed E-state index contributed by atoms with van der Waals surface area (Å²) in [6.07, 6.45) is 0. The van der Waals surface area contributed by atoms with Crippen LogP contribution in [0.2, 0.25) is 0 Å². The molecule has 0 aliphatic heterocycles. The quantitative estimate of drug-likeness (QED) is 0.781. The van der Waals surface area contributed by atoms with Crippen LogP contribution >= 0.6 is 0 Å². The molecule has 0 aliphatic carbocycles. The van der Waals surface area contributed by atoms with Gasteiger partial charge in [-0.05, 0) is 19.1 Å². The number of methoxy groups -OCH3 is 1. The van der Waals surface area contributed by atoms with Crippen LogP contribution in [0, 0.1) is 5.82 Å². The zero-order valence-corrected chi connectivity index (χ0v) is 8.96. The van der Waals surface area contributed by atoms with Crippen LogP contribution in [0.5, 0.6) is 0 Å². The van der Waals surface area contributed by atoms with Crippen LogP contribution in [0.15, 0.2) is 24.3 Å². The number of hydrogen-bond acceptors (Lipinski definition) is 3. The maximum Gasteiger partial charge on any atom is 0.146 e. The SMILES string of the molecule is COCC(C)(CO)Nc1ccccc1F. The van der Waals surface area contributed by atoms with Crippen molar-refractivity contribution in [2.45, 2.75) is 12.5 Å². The van der Waals surface area contributed by atoms with E-state index < -0.39 is 5.54 Å². The smallest absolute Gasteiger partial charge is 0.146 e. The number of aliphatic hydroxyl groups excluding tert-OH is 1. The maximum absolute atomic E-state index is 13.3. The zero-order chi connectivity index (χ0) is 11.3. The molecule has 84 valence electrons. The third-order valence-corrected chi connectivity index (χ3v) is 2.12. The van der Waals surface area contributed by atoms with E-state index in [9.17, 15) is 9.50 Å². The highest BCUT2D eigenvalue weighted by Crippen LogP contribution is 2.18. The molecule has 1 unspecified atom stereocenters. The van der Waals surface area contributed by atoms with Gasteiger partial charge in [-0.3, -0.25) is 0 Å². The number of ether oxygens (including phenoxy) is 1. The molecular formula is C11H16FNO2. The molecule has 0 heterocycles. The second kappa shape index (κ2) is 5.09. The molecule has 0 saturated heterocycles. The van der Waals surface area contributed by atoms with Crippen molar-refractivity contribution in [3.8, 4) is 0 Å². The van der Waals surface area contributed by atoms with Gasteiger partial charge in [0.1, 0.15) is 5.82 Å². The number of nitrogens with one attached hydrogen (secondary N) is 1. The summed E-state index contributed by atoms with van der Waals surface area (Å²) < 4.78 is 18.3. The molecule has 15 heavy (non-hydrogen) atoms. The average molecular weight is 213 g/mol. The molecule has 0 spiro atoms. The third kappa shape index (κ3) is 3.18. The molecule has 1 aromatic rings. The Morgan fingerprint density at radius 1 is 1.47 bits per heavy atom. The summed E-state index contributed by atoms with van der Waals surface area (Å²) in [7, 11) is 1.54. The van der Waals surface area contributed by atoms with Crippen LogP contribution in [0.4, 0.5) is 10.1 Å². The topological polar surface area (TPSA) is 41.5 Å². The Morgan fingerprint density at radius 2 is 2.13 bits per heavy atom. The lowest BCUT2D eigenvalue weighted by Gasteiger charge is -2.29. The Bertz CT molecular complexity index is 319. The van der Waals surface area contributed by atoms with E-state index in [0.717, 1.165) is 0 Å². The molecule has 0 aliphatic rings. The first-order chi connectivity index (χ1) is 7.11. The molecule has 0 aromatic heterocycles. The summed E-state index contributed by atoms with van der Waals surface area (Å²) in [5.41, 5.74) is -0.303. The molecule has 0 radical (unpaired) electrons. The van der Waals surface area contributed by atoms with E-state index in [1.165, 1.54) is 13.2 Å². The Balaban J connectivity index is 2.79. The highest BCUT2D eigenvalue weighted by molar-refractivity contribution is 5.46. The van der Waals surface area contributed by atoms with Crippen molar-refractivity contribution in [1.29, 1.82) is 0 Å². The van der Waals surface area contributed by atoms with E-state index in [0.29, 0.717) is 12.3 Å². The molecular weight excluding hydrogens is 197 g/mol. The lowest BCUT2D eigenvalue weighted by atomic mass is 10.0. The van der Waals surface area contributed by atoms with E-state index in [2.05, 4.69) is 5.32 Å². The number of aliphatic hydroxyl groups is 1. The standard InChI is InChI=1S/C11H16FNO2/c1-11(7-14,8-15-2)13-10-6-4-3-5-9(10)12/h3-6,13-14H,7-8H2,1-2H3. The Hall–Kier alpha value is -1.13. The van der Waals surface area contributed by atoms with E-state index in [1.807, 2.05) is 0 Å². The number of hydrogen-bond donors (Lipinski definition) is 2. The second-order valence-corrected chi connectivity index (χ2v) is 3.76. The minimum Gasteiger partial charge on any atom is -0.394 e. The van der Waals surface area contributed by atoms with Crippen molar-refractivity contribution in [3.63, 3.8) is 0 Å².